The van der Waals surface area contributed by atoms with Gasteiger partial charge in [0.15, 0.2) is 0 Å². The predicted octanol–water partition coefficient (Wildman–Crippen LogP) is 1.92. The minimum absolute atomic E-state index is 0.147. The van der Waals surface area contributed by atoms with E-state index in [9.17, 15) is 9.90 Å². The molecule has 5 heteroatoms. The molecule has 0 saturated heterocycles. The Morgan fingerprint density at radius 3 is 2.78 bits per heavy atom. The normalized spacial score (nSPS) is 21.6. The molecule has 2 aromatic rings. The number of anilines is 1. The van der Waals surface area contributed by atoms with Crippen molar-refractivity contribution in [1.29, 1.82) is 0 Å². The zero-order valence-corrected chi connectivity index (χ0v) is 9.98. The van der Waals surface area contributed by atoms with E-state index in [1.54, 1.807) is 36.4 Å². The number of amides is 1. The van der Waals surface area contributed by atoms with E-state index in [1.165, 1.54) is 6.20 Å². The third kappa shape index (κ3) is 1.36. The standard InChI is InChI=1S/C13H9ClN2O2/c14-9-5-3-7-15-11(9)13(18)8-4-1-2-6-10(8)16-12(13)17/h1-7,18H,(H,16,17). The van der Waals surface area contributed by atoms with Gasteiger partial charge in [-0.15, -0.1) is 0 Å². The van der Waals surface area contributed by atoms with Gasteiger partial charge < -0.3 is 10.4 Å². The van der Waals surface area contributed by atoms with E-state index in [4.69, 9.17) is 11.6 Å². The van der Waals surface area contributed by atoms with Crippen LogP contribution in [-0.4, -0.2) is 16.0 Å². The Morgan fingerprint density at radius 1 is 1.22 bits per heavy atom. The van der Waals surface area contributed by atoms with Crippen molar-refractivity contribution in [1.82, 2.24) is 4.98 Å². The van der Waals surface area contributed by atoms with Crippen LogP contribution in [0.3, 0.4) is 0 Å². The predicted molar refractivity (Wildman–Crippen MR) is 67.3 cm³/mol. The van der Waals surface area contributed by atoms with Crippen LogP contribution in [0.2, 0.25) is 5.02 Å². The maximum Gasteiger partial charge on any atom is 0.267 e. The molecule has 0 spiro atoms. The molecule has 1 aromatic carbocycles. The number of pyridine rings is 1. The maximum absolute atomic E-state index is 12.0. The van der Waals surface area contributed by atoms with Gasteiger partial charge in [-0.25, -0.2) is 0 Å². The van der Waals surface area contributed by atoms with Crippen LogP contribution in [-0.2, 0) is 10.4 Å². The highest BCUT2D eigenvalue weighted by atomic mass is 35.5. The van der Waals surface area contributed by atoms with Gasteiger partial charge in [0.05, 0.1) is 5.02 Å². The number of nitrogens with one attached hydrogen (secondary N) is 1. The van der Waals surface area contributed by atoms with Gasteiger partial charge in [0.1, 0.15) is 5.69 Å². The van der Waals surface area contributed by atoms with Crippen LogP contribution in [0.25, 0.3) is 0 Å². The Balaban J connectivity index is 2.27. The molecular weight excluding hydrogens is 252 g/mol. The van der Waals surface area contributed by atoms with Crippen LogP contribution >= 0.6 is 11.6 Å². The maximum atomic E-state index is 12.0. The van der Waals surface area contributed by atoms with Crippen molar-refractivity contribution >= 4 is 23.2 Å². The fourth-order valence-electron chi connectivity index (χ4n) is 2.13. The van der Waals surface area contributed by atoms with E-state index < -0.39 is 11.5 Å². The number of carbonyl (C=O) groups excluding carboxylic acids is 1. The Labute approximate surface area is 108 Å². The molecule has 0 fully saturated rings. The lowest BCUT2D eigenvalue weighted by molar-refractivity contribution is -0.130. The van der Waals surface area contributed by atoms with Gasteiger partial charge in [-0.2, -0.15) is 0 Å². The van der Waals surface area contributed by atoms with Gasteiger partial charge in [0, 0.05) is 17.4 Å². The highest BCUT2D eigenvalue weighted by molar-refractivity contribution is 6.31. The second kappa shape index (κ2) is 3.80. The number of nitrogens with zero attached hydrogens (tertiary/aromatic N) is 1. The van der Waals surface area contributed by atoms with E-state index in [0.29, 0.717) is 11.3 Å². The summed E-state index contributed by atoms with van der Waals surface area (Å²) >= 11 is 6.02. The SMILES string of the molecule is O=C1Nc2ccccc2C1(O)c1ncccc1Cl. The molecule has 1 unspecified atom stereocenters. The second-order valence-corrected chi connectivity index (χ2v) is 4.45. The van der Waals surface area contributed by atoms with Gasteiger partial charge in [0.2, 0.25) is 5.60 Å². The van der Waals surface area contributed by atoms with Crippen LogP contribution in [0.5, 0.6) is 0 Å². The van der Waals surface area contributed by atoms with E-state index in [2.05, 4.69) is 10.3 Å². The molecule has 90 valence electrons. The molecule has 1 aromatic heterocycles. The molecule has 0 bridgehead atoms. The lowest BCUT2D eigenvalue weighted by Crippen LogP contribution is -2.36. The third-order valence-electron chi connectivity index (χ3n) is 2.99. The molecule has 0 aliphatic carbocycles. The highest BCUT2D eigenvalue weighted by Crippen LogP contribution is 2.41. The molecular formula is C13H9ClN2O2. The molecule has 1 atom stereocenters. The van der Waals surface area contributed by atoms with Gasteiger partial charge in [0.25, 0.3) is 5.91 Å². The zero-order valence-electron chi connectivity index (χ0n) is 9.22. The first-order valence-electron chi connectivity index (χ1n) is 5.38. The fraction of sp³-hybridized carbons (Fsp3) is 0.0769. The summed E-state index contributed by atoms with van der Waals surface area (Å²) in [7, 11) is 0. The fourth-order valence-corrected chi connectivity index (χ4v) is 2.39. The molecule has 3 rings (SSSR count). The van der Waals surface area contributed by atoms with Crippen LogP contribution in [0, 0.1) is 0 Å². The van der Waals surface area contributed by atoms with E-state index in [0.717, 1.165) is 0 Å². The van der Waals surface area contributed by atoms with Gasteiger partial charge in [-0.3, -0.25) is 9.78 Å². The lowest BCUT2D eigenvalue weighted by Gasteiger charge is -2.20. The van der Waals surface area contributed by atoms with Crippen molar-refractivity contribution < 1.29 is 9.90 Å². The van der Waals surface area contributed by atoms with Crippen LogP contribution in [0.4, 0.5) is 5.69 Å². The summed E-state index contributed by atoms with van der Waals surface area (Å²) in [6.45, 7) is 0. The van der Waals surface area contributed by atoms with Gasteiger partial charge >= 0.3 is 0 Å². The molecule has 2 N–H and O–H groups in total. The first-order valence-corrected chi connectivity index (χ1v) is 5.76. The van der Waals surface area contributed by atoms with Crippen LogP contribution in [0.1, 0.15) is 11.3 Å². The average Bonchev–Trinajstić information content (AvgIpc) is 2.63. The van der Waals surface area contributed by atoms with Gasteiger partial charge in [-0.1, -0.05) is 29.8 Å². The zero-order chi connectivity index (χ0) is 12.8. The van der Waals surface area contributed by atoms with Crippen molar-refractivity contribution in [2.24, 2.45) is 0 Å². The molecule has 0 saturated carbocycles. The minimum Gasteiger partial charge on any atom is -0.370 e. The van der Waals surface area contributed by atoms with Crippen molar-refractivity contribution in [2.75, 3.05) is 5.32 Å². The number of benzene rings is 1. The monoisotopic (exact) mass is 260 g/mol. The topological polar surface area (TPSA) is 62.2 Å². The number of aliphatic hydroxyl groups is 1. The molecule has 18 heavy (non-hydrogen) atoms. The van der Waals surface area contributed by atoms with Crippen LogP contribution in [0.15, 0.2) is 42.6 Å². The number of rotatable bonds is 1. The van der Waals surface area contributed by atoms with Gasteiger partial charge in [-0.05, 0) is 18.2 Å². The van der Waals surface area contributed by atoms with Crippen LogP contribution < -0.4 is 5.32 Å². The lowest BCUT2D eigenvalue weighted by atomic mass is 9.91. The number of hydrogen-bond donors (Lipinski definition) is 2. The smallest absolute Gasteiger partial charge is 0.267 e. The van der Waals surface area contributed by atoms with E-state index in [-0.39, 0.29) is 10.7 Å². The average molecular weight is 261 g/mol. The Morgan fingerprint density at radius 2 is 2.00 bits per heavy atom. The van der Waals surface area contributed by atoms with Crippen molar-refractivity contribution in [3.63, 3.8) is 0 Å². The number of halogens is 1. The molecule has 1 aliphatic rings. The molecule has 4 nitrogen and oxygen atoms in total. The van der Waals surface area contributed by atoms with Crippen molar-refractivity contribution in [3.8, 4) is 0 Å². The largest absolute Gasteiger partial charge is 0.370 e. The van der Waals surface area contributed by atoms with Crippen molar-refractivity contribution in [2.45, 2.75) is 5.60 Å². The van der Waals surface area contributed by atoms with E-state index in [1.807, 2.05) is 0 Å². The quantitative estimate of drug-likeness (QED) is 0.824. The van der Waals surface area contributed by atoms with E-state index >= 15 is 0 Å². The second-order valence-electron chi connectivity index (χ2n) is 4.04. The summed E-state index contributed by atoms with van der Waals surface area (Å²) in [6.07, 6.45) is 1.49. The Kier molecular flexibility index (Phi) is 2.36. The summed E-state index contributed by atoms with van der Waals surface area (Å²) < 4.78 is 0. The minimum atomic E-state index is -1.82. The first kappa shape index (κ1) is 11.2. The molecule has 1 aliphatic heterocycles. The summed E-state index contributed by atoms with van der Waals surface area (Å²) in [5.74, 6) is -0.538. The number of hydrogen-bond acceptors (Lipinski definition) is 3. The number of carbonyl (C=O) groups is 1. The summed E-state index contributed by atoms with van der Waals surface area (Å²) in [6, 6.07) is 10.2. The highest BCUT2D eigenvalue weighted by Gasteiger charge is 2.48. The number of para-hydroxylation sites is 1. The Hall–Kier alpha value is -1.91. The summed E-state index contributed by atoms with van der Waals surface area (Å²) in [4.78, 5) is 16.1. The first-order chi connectivity index (χ1) is 8.64. The molecule has 0 radical (unpaired) electrons. The molecule has 1 amide bonds. The number of fused-ring (bicyclic) bond motifs is 1. The van der Waals surface area contributed by atoms with Crippen molar-refractivity contribution in [3.05, 3.63) is 58.9 Å². The number of aromatic nitrogens is 1. The Bertz CT molecular complexity index is 644. The third-order valence-corrected chi connectivity index (χ3v) is 3.30. The summed E-state index contributed by atoms with van der Waals surface area (Å²) in [5.41, 5.74) is -0.633. The molecule has 2 heterocycles. The summed E-state index contributed by atoms with van der Waals surface area (Å²) in [5, 5.41) is 13.6.